The average molecular weight is 411 g/mol. The van der Waals surface area contributed by atoms with Crippen LogP contribution in [0.5, 0.6) is 17.2 Å². The number of ether oxygens (including phenoxy) is 3. The number of methoxy groups -OCH3 is 3. The summed E-state index contributed by atoms with van der Waals surface area (Å²) in [5.74, 6) is 2.58. The first-order valence-corrected chi connectivity index (χ1v) is 9.90. The largest absolute Gasteiger partial charge is 0.493 e. The smallest absolute Gasteiger partial charge is 0.203 e. The summed E-state index contributed by atoms with van der Waals surface area (Å²) in [5.41, 5.74) is 4.71. The Morgan fingerprint density at radius 1 is 1.00 bits per heavy atom. The van der Waals surface area contributed by atoms with E-state index in [9.17, 15) is 0 Å². The normalized spacial score (nSPS) is 11.4. The summed E-state index contributed by atoms with van der Waals surface area (Å²) in [6.45, 7) is 3.47. The number of aliphatic imine (C=N–C) groups is 1. The van der Waals surface area contributed by atoms with Crippen molar-refractivity contribution in [2.45, 2.75) is 19.9 Å². The van der Waals surface area contributed by atoms with Crippen LogP contribution in [0.4, 0.5) is 0 Å². The fraction of sp³-hybridized carbons (Fsp3) is 0.348. The van der Waals surface area contributed by atoms with E-state index in [1.807, 2.05) is 12.1 Å². The van der Waals surface area contributed by atoms with Crippen molar-refractivity contribution in [1.29, 1.82) is 0 Å². The van der Waals surface area contributed by atoms with Crippen LogP contribution in [-0.2, 0) is 13.0 Å². The van der Waals surface area contributed by atoms with Gasteiger partial charge < -0.3 is 29.8 Å². The second-order valence-corrected chi connectivity index (χ2v) is 6.91. The minimum atomic E-state index is 0.572. The Morgan fingerprint density at radius 3 is 2.33 bits per heavy atom. The van der Waals surface area contributed by atoms with E-state index in [1.54, 1.807) is 28.4 Å². The van der Waals surface area contributed by atoms with Crippen LogP contribution >= 0.6 is 0 Å². The van der Waals surface area contributed by atoms with E-state index >= 15 is 0 Å². The highest BCUT2D eigenvalue weighted by atomic mass is 16.5. The van der Waals surface area contributed by atoms with Gasteiger partial charge in [-0.25, -0.2) is 0 Å². The summed E-state index contributed by atoms with van der Waals surface area (Å²) >= 11 is 0. The maximum absolute atomic E-state index is 5.42. The Labute approximate surface area is 177 Å². The fourth-order valence-corrected chi connectivity index (χ4v) is 3.61. The standard InChI is InChI=1S/C23H30N4O3/c1-15-17(18-8-6-7-9-19(18)27-15)10-11-25-23(24-2)26-14-16-12-20(28-3)22(30-5)21(13-16)29-4/h6-9,12-13,27H,10-11,14H2,1-5H3,(H2,24,25,26). The quantitative estimate of drug-likeness (QED) is 0.392. The fourth-order valence-electron chi connectivity index (χ4n) is 3.61. The third kappa shape index (κ3) is 4.62. The average Bonchev–Trinajstić information content (AvgIpc) is 3.10. The molecule has 0 atom stereocenters. The SMILES string of the molecule is CN=C(NCCc1c(C)[nH]c2ccccc12)NCc1cc(OC)c(OC)c(OC)c1. The number of aromatic nitrogens is 1. The molecule has 0 spiro atoms. The molecule has 7 nitrogen and oxygen atoms in total. The first kappa shape index (κ1) is 21.4. The van der Waals surface area contributed by atoms with Gasteiger partial charge in [-0.1, -0.05) is 18.2 Å². The van der Waals surface area contributed by atoms with Gasteiger partial charge in [-0.05, 0) is 42.7 Å². The highest BCUT2D eigenvalue weighted by molar-refractivity contribution is 5.84. The Balaban J connectivity index is 1.61. The molecule has 0 aliphatic carbocycles. The number of aryl methyl sites for hydroxylation is 1. The van der Waals surface area contributed by atoms with Crippen molar-refractivity contribution in [1.82, 2.24) is 15.6 Å². The van der Waals surface area contributed by atoms with E-state index in [4.69, 9.17) is 14.2 Å². The second-order valence-electron chi connectivity index (χ2n) is 6.91. The molecule has 30 heavy (non-hydrogen) atoms. The number of fused-ring (bicyclic) bond motifs is 1. The molecule has 160 valence electrons. The molecule has 0 radical (unpaired) electrons. The molecule has 0 aliphatic rings. The molecular formula is C23H30N4O3. The van der Waals surface area contributed by atoms with Crippen LogP contribution in [0.2, 0.25) is 0 Å². The molecule has 1 aromatic heterocycles. The highest BCUT2D eigenvalue weighted by Crippen LogP contribution is 2.38. The predicted molar refractivity (Wildman–Crippen MR) is 121 cm³/mol. The van der Waals surface area contributed by atoms with Crippen LogP contribution < -0.4 is 24.8 Å². The Kier molecular flexibility index (Phi) is 7.06. The van der Waals surface area contributed by atoms with Gasteiger partial charge in [0.15, 0.2) is 17.5 Å². The van der Waals surface area contributed by atoms with Crippen molar-refractivity contribution in [2.24, 2.45) is 4.99 Å². The van der Waals surface area contributed by atoms with Gasteiger partial charge in [0, 0.05) is 36.7 Å². The first-order chi connectivity index (χ1) is 14.6. The van der Waals surface area contributed by atoms with Crippen LogP contribution in [-0.4, -0.2) is 45.9 Å². The van der Waals surface area contributed by atoms with Gasteiger partial charge in [-0.3, -0.25) is 4.99 Å². The van der Waals surface area contributed by atoms with Gasteiger partial charge in [0.25, 0.3) is 0 Å². The molecule has 0 bridgehead atoms. The molecule has 0 aliphatic heterocycles. The van der Waals surface area contributed by atoms with E-state index in [0.717, 1.165) is 24.5 Å². The molecular weight excluding hydrogens is 380 g/mol. The zero-order valence-corrected chi connectivity index (χ0v) is 18.3. The highest BCUT2D eigenvalue weighted by Gasteiger charge is 2.13. The molecule has 0 amide bonds. The van der Waals surface area contributed by atoms with Crippen LogP contribution in [0.25, 0.3) is 10.9 Å². The third-order valence-electron chi connectivity index (χ3n) is 5.10. The van der Waals surface area contributed by atoms with E-state index < -0.39 is 0 Å². The molecule has 3 aromatic rings. The van der Waals surface area contributed by atoms with Crippen LogP contribution in [0.3, 0.4) is 0 Å². The summed E-state index contributed by atoms with van der Waals surface area (Å²) in [7, 11) is 6.59. The molecule has 7 heteroatoms. The van der Waals surface area contributed by atoms with Gasteiger partial charge in [-0.15, -0.1) is 0 Å². The zero-order valence-electron chi connectivity index (χ0n) is 18.3. The Bertz CT molecular complexity index is 1000. The molecule has 0 saturated heterocycles. The zero-order chi connectivity index (χ0) is 21.5. The molecule has 3 N–H and O–H groups in total. The monoisotopic (exact) mass is 410 g/mol. The topological polar surface area (TPSA) is 79.9 Å². The number of para-hydroxylation sites is 1. The van der Waals surface area contributed by atoms with Crippen LogP contribution in [0.1, 0.15) is 16.8 Å². The van der Waals surface area contributed by atoms with Gasteiger partial charge in [0.05, 0.1) is 21.3 Å². The summed E-state index contributed by atoms with van der Waals surface area (Å²) < 4.78 is 16.2. The van der Waals surface area contributed by atoms with Crippen molar-refractivity contribution in [2.75, 3.05) is 34.9 Å². The summed E-state index contributed by atoms with van der Waals surface area (Å²) in [5, 5.41) is 8.00. The molecule has 0 fully saturated rings. The molecule has 1 heterocycles. The lowest BCUT2D eigenvalue weighted by Gasteiger charge is -2.16. The third-order valence-corrected chi connectivity index (χ3v) is 5.10. The molecule has 0 unspecified atom stereocenters. The Morgan fingerprint density at radius 2 is 1.70 bits per heavy atom. The van der Waals surface area contributed by atoms with E-state index in [1.165, 1.54) is 22.2 Å². The van der Waals surface area contributed by atoms with Gasteiger partial charge in [0.2, 0.25) is 5.75 Å². The number of aromatic amines is 1. The number of hydrogen-bond acceptors (Lipinski definition) is 4. The number of nitrogens with zero attached hydrogens (tertiary/aromatic N) is 1. The predicted octanol–water partition coefficient (Wildman–Crippen LogP) is 3.41. The van der Waals surface area contributed by atoms with Crippen LogP contribution in [0, 0.1) is 6.92 Å². The van der Waals surface area contributed by atoms with Crippen molar-refractivity contribution in [3.63, 3.8) is 0 Å². The lowest BCUT2D eigenvalue weighted by molar-refractivity contribution is 0.323. The number of nitrogens with one attached hydrogen (secondary N) is 3. The molecule has 0 saturated carbocycles. The van der Waals surface area contributed by atoms with Gasteiger partial charge >= 0.3 is 0 Å². The van der Waals surface area contributed by atoms with E-state index in [0.29, 0.717) is 23.8 Å². The number of H-pyrrole nitrogens is 1. The summed E-state index contributed by atoms with van der Waals surface area (Å²) in [6, 6.07) is 12.2. The number of hydrogen-bond donors (Lipinski definition) is 3. The van der Waals surface area contributed by atoms with Crippen molar-refractivity contribution < 1.29 is 14.2 Å². The number of guanidine groups is 1. The first-order valence-electron chi connectivity index (χ1n) is 9.90. The summed E-state index contributed by atoms with van der Waals surface area (Å²) in [6.07, 6.45) is 0.904. The Hall–Kier alpha value is -3.35. The van der Waals surface area contributed by atoms with Gasteiger partial charge in [-0.2, -0.15) is 0 Å². The van der Waals surface area contributed by atoms with Gasteiger partial charge in [0.1, 0.15) is 0 Å². The maximum Gasteiger partial charge on any atom is 0.203 e. The molecule has 3 rings (SSSR count). The summed E-state index contributed by atoms with van der Waals surface area (Å²) in [4.78, 5) is 7.77. The minimum Gasteiger partial charge on any atom is -0.493 e. The lowest BCUT2D eigenvalue weighted by Crippen LogP contribution is -2.37. The maximum atomic E-state index is 5.42. The van der Waals surface area contributed by atoms with Crippen molar-refractivity contribution >= 4 is 16.9 Å². The minimum absolute atomic E-state index is 0.572. The second kappa shape index (κ2) is 9.91. The van der Waals surface area contributed by atoms with Crippen molar-refractivity contribution in [3.8, 4) is 17.2 Å². The number of benzene rings is 2. The van der Waals surface area contributed by atoms with Crippen molar-refractivity contribution in [3.05, 3.63) is 53.2 Å². The lowest BCUT2D eigenvalue weighted by atomic mass is 10.1. The van der Waals surface area contributed by atoms with E-state index in [-0.39, 0.29) is 0 Å². The van der Waals surface area contributed by atoms with Crippen LogP contribution in [0.15, 0.2) is 41.4 Å². The number of rotatable bonds is 8. The molecule has 2 aromatic carbocycles. The van der Waals surface area contributed by atoms with E-state index in [2.05, 4.69) is 51.8 Å².